The van der Waals surface area contributed by atoms with E-state index < -0.39 is 5.92 Å². The average molecular weight is 448 g/mol. The molecule has 1 atom stereocenters. The van der Waals surface area contributed by atoms with Gasteiger partial charge in [-0.1, -0.05) is 49.2 Å². The Hall–Kier alpha value is -1.78. The van der Waals surface area contributed by atoms with Crippen molar-refractivity contribution >= 4 is 35.0 Å². The first-order valence-corrected chi connectivity index (χ1v) is 11.3. The molecular formula is C24H27Cl2NO3. The fourth-order valence-corrected chi connectivity index (χ4v) is 5.40. The second-order valence-corrected chi connectivity index (χ2v) is 10.2. The summed E-state index contributed by atoms with van der Waals surface area (Å²) in [6, 6.07) is 5.36. The zero-order valence-electron chi connectivity index (χ0n) is 17.6. The number of ether oxygens (including phenoxy) is 1. The Bertz CT molecular complexity index is 971. The number of rotatable bonds is 3. The maximum absolute atomic E-state index is 13.3. The van der Waals surface area contributed by atoms with Gasteiger partial charge in [-0.05, 0) is 56.1 Å². The molecule has 1 saturated carbocycles. The molecule has 1 N–H and O–H groups in total. The Kier molecular flexibility index (Phi) is 5.75. The van der Waals surface area contributed by atoms with Gasteiger partial charge in [0.2, 0.25) is 0 Å². The lowest BCUT2D eigenvalue weighted by atomic mass is 9.68. The Morgan fingerprint density at radius 3 is 2.57 bits per heavy atom. The number of halogens is 2. The number of carbonyl (C=O) groups excluding carboxylic acids is 2. The number of esters is 1. The van der Waals surface area contributed by atoms with Crippen LogP contribution in [0.4, 0.5) is 0 Å². The topological polar surface area (TPSA) is 55.4 Å². The third kappa shape index (κ3) is 3.92. The maximum atomic E-state index is 13.3. The molecule has 6 heteroatoms. The van der Waals surface area contributed by atoms with E-state index in [1.807, 2.05) is 13.0 Å². The van der Waals surface area contributed by atoms with Crippen molar-refractivity contribution in [3.05, 3.63) is 56.3 Å². The van der Waals surface area contributed by atoms with Crippen molar-refractivity contribution < 1.29 is 14.3 Å². The second kappa shape index (κ2) is 8.05. The van der Waals surface area contributed by atoms with Crippen LogP contribution in [-0.4, -0.2) is 17.9 Å². The van der Waals surface area contributed by atoms with Gasteiger partial charge in [-0.15, -0.1) is 0 Å². The van der Waals surface area contributed by atoms with Crippen molar-refractivity contribution in [2.75, 3.05) is 0 Å². The van der Waals surface area contributed by atoms with Crippen molar-refractivity contribution in [1.82, 2.24) is 5.32 Å². The van der Waals surface area contributed by atoms with E-state index in [0.717, 1.165) is 37.8 Å². The number of nitrogens with one attached hydrogen (secondary N) is 1. The molecule has 3 aliphatic rings. The first-order chi connectivity index (χ1) is 14.2. The van der Waals surface area contributed by atoms with Crippen LogP contribution in [0.2, 0.25) is 10.0 Å². The summed E-state index contributed by atoms with van der Waals surface area (Å²) in [4.78, 5) is 26.6. The predicted molar refractivity (Wildman–Crippen MR) is 118 cm³/mol. The number of carbonyl (C=O) groups is 2. The number of ketones is 1. The molecule has 1 aliphatic heterocycles. The predicted octanol–water partition coefficient (Wildman–Crippen LogP) is 6.08. The lowest BCUT2D eigenvalue weighted by molar-refractivity contribution is -0.144. The number of allylic oxidation sites excluding steroid dienone is 3. The van der Waals surface area contributed by atoms with Gasteiger partial charge >= 0.3 is 5.97 Å². The highest BCUT2D eigenvalue weighted by atomic mass is 35.5. The van der Waals surface area contributed by atoms with Gasteiger partial charge in [0.05, 0.1) is 15.6 Å². The van der Waals surface area contributed by atoms with Gasteiger partial charge in [0.15, 0.2) is 5.78 Å². The molecule has 4 rings (SSSR count). The zero-order valence-corrected chi connectivity index (χ0v) is 19.1. The van der Waals surface area contributed by atoms with Gasteiger partial charge in [0.25, 0.3) is 0 Å². The van der Waals surface area contributed by atoms with Crippen LogP contribution in [0, 0.1) is 5.41 Å². The third-order valence-corrected chi connectivity index (χ3v) is 7.16. The highest BCUT2D eigenvalue weighted by molar-refractivity contribution is 6.42. The molecule has 0 radical (unpaired) electrons. The van der Waals surface area contributed by atoms with E-state index in [-0.39, 0.29) is 23.3 Å². The lowest BCUT2D eigenvalue weighted by Gasteiger charge is -2.39. The highest BCUT2D eigenvalue weighted by Crippen LogP contribution is 2.49. The first kappa shape index (κ1) is 21.5. The fraction of sp³-hybridized carbons (Fsp3) is 0.500. The lowest BCUT2D eigenvalue weighted by Crippen LogP contribution is -2.39. The normalized spacial score (nSPS) is 24.0. The number of dihydropyridines is 1. The zero-order chi connectivity index (χ0) is 21.6. The van der Waals surface area contributed by atoms with Gasteiger partial charge in [0.1, 0.15) is 6.10 Å². The van der Waals surface area contributed by atoms with E-state index in [9.17, 15) is 9.59 Å². The SMILES string of the molecule is CC1=C(C(=O)OC2CCCC2)[C@@H](c2cccc(Cl)c2Cl)C2=C(CC(C)(C)CC2=O)N1. The van der Waals surface area contributed by atoms with Gasteiger partial charge in [-0.2, -0.15) is 0 Å². The van der Waals surface area contributed by atoms with Gasteiger partial charge in [0, 0.05) is 29.3 Å². The van der Waals surface area contributed by atoms with Crippen LogP contribution >= 0.6 is 23.2 Å². The van der Waals surface area contributed by atoms with Gasteiger partial charge in [-0.3, -0.25) is 4.79 Å². The van der Waals surface area contributed by atoms with Crippen molar-refractivity contribution in [2.45, 2.75) is 71.3 Å². The van der Waals surface area contributed by atoms with Crippen LogP contribution in [0.1, 0.15) is 70.8 Å². The quantitative estimate of drug-likeness (QED) is 0.569. The first-order valence-electron chi connectivity index (χ1n) is 10.6. The van der Waals surface area contributed by atoms with Crippen molar-refractivity contribution in [3.63, 3.8) is 0 Å². The van der Waals surface area contributed by atoms with E-state index in [2.05, 4.69) is 19.2 Å². The molecule has 2 aliphatic carbocycles. The summed E-state index contributed by atoms with van der Waals surface area (Å²) < 4.78 is 5.85. The molecule has 0 unspecified atom stereocenters. The molecule has 1 aromatic rings. The largest absolute Gasteiger partial charge is 0.459 e. The number of hydrogen-bond donors (Lipinski definition) is 1. The monoisotopic (exact) mass is 447 g/mol. The minimum absolute atomic E-state index is 0.0356. The minimum Gasteiger partial charge on any atom is -0.459 e. The molecular weight excluding hydrogens is 421 g/mol. The van der Waals surface area contributed by atoms with E-state index >= 15 is 0 Å². The Balaban J connectivity index is 1.83. The summed E-state index contributed by atoms with van der Waals surface area (Å²) in [5.74, 6) is -0.921. The molecule has 0 spiro atoms. The summed E-state index contributed by atoms with van der Waals surface area (Å²) in [6.45, 7) is 6.04. The standard InChI is InChI=1S/C24H27Cl2NO3/c1-13-19(23(29)30-14-7-4-5-8-14)20(15-9-6-10-16(25)22(15)26)21-17(27-13)11-24(2,3)12-18(21)28/h6,9-10,14,20,27H,4-5,7-8,11-12H2,1-3H3/t20-/m1/s1. The van der Waals surface area contributed by atoms with Gasteiger partial charge in [-0.25, -0.2) is 4.79 Å². The number of Topliss-reactive ketones (excluding diaryl/α,β-unsaturated/α-hetero) is 1. The molecule has 160 valence electrons. The van der Waals surface area contributed by atoms with Crippen LogP contribution < -0.4 is 5.32 Å². The van der Waals surface area contributed by atoms with E-state index in [4.69, 9.17) is 27.9 Å². The van der Waals surface area contributed by atoms with E-state index in [1.54, 1.807) is 12.1 Å². The summed E-state index contributed by atoms with van der Waals surface area (Å²) >= 11 is 12.9. The Morgan fingerprint density at radius 2 is 1.87 bits per heavy atom. The minimum atomic E-state index is -0.579. The summed E-state index contributed by atoms with van der Waals surface area (Å²) in [7, 11) is 0. The molecule has 0 amide bonds. The number of hydrogen-bond acceptors (Lipinski definition) is 4. The van der Waals surface area contributed by atoms with Crippen LogP contribution in [-0.2, 0) is 14.3 Å². The molecule has 0 saturated heterocycles. The molecule has 30 heavy (non-hydrogen) atoms. The molecule has 1 fully saturated rings. The molecule has 0 bridgehead atoms. The van der Waals surface area contributed by atoms with Crippen LogP contribution in [0.25, 0.3) is 0 Å². The van der Waals surface area contributed by atoms with Crippen LogP contribution in [0.3, 0.4) is 0 Å². The van der Waals surface area contributed by atoms with E-state index in [0.29, 0.717) is 38.9 Å². The fourth-order valence-electron chi connectivity index (χ4n) is 4.98. The molecule has 0 aromatic heterocycles. The van der Waals surface area contributed by atoms with Crippen molar-refractivity contribution in [2.24, 2.45) is 5.41 Å². The molecule has 4 nitrogen and oxygen atoms in total. The summed E-state index contributed by atoms with van der Waals surface area (Å²) in [6.07, 6.45) is 4.99. The number of benzene rings is 1. The third-order valence-electron chi connectivity index (χ3n) is 6.33. The molecule has 1 heterocycles. The summed E-state index contributed by atoms with van der Waals surface area (Å²) in [5.41, 5.74) is 3.17. The Labute approximate surface area is 187 Å². The van der Waals surface area contributed by atoms with E-state index in [1.165, 1.54) is 0 Å². The van der Waals surface area contributed by atoms with Crippen LogP contribution in [0.15, 0.2) is 40.7 Å². The van der Waals surface area contributed by atoms with Crippen molar-refractivity contribution in [3.8, 4) is 0 Å². The van der Waals surface area contributed by atoms with Crippen molar-refractivity contribution in [1.29, 1.82) is 0 Å². The summed E-state index contributed by atoms with van der Waals surface area (Å²) in [5, 5.41) is 4.13. The Morgan fingerprint density at radius 1 is 1.17 bits per heavy atom. The maximum Gasteiger partial charge on any atom is 0.337 e. The van der Waals surface area contributed by atoms with Crippen LogP contribution in [0.5, 0.6) is 0 Å². The second-order valence-electron chi connectivity index (χ2n) is 9.38. The average Bonchev–Trinajstić information content (AvgIpc) is 3.14. The smallest absolute Gasteiger partial charge is 0.337 e. The van der Waals surface area contributed by atoms with Gasteiger partial charge < -0.3 is 10.1 Å². The molecule has 1 aromatic carbocycles. The highest BCUT2D eigenvalue weighted by Gasteiger charge is 2.44.